The molecule has 0 saturated carbocycles. The Balaban J connectivity index is 2.25. The van der Waals surface area contributed by atoms with Gasteiger partial charge in [0.05, 0.1) is 16.2 Å². The standard InChI is InChI=1S/C15H21N3O2S/c1-10(2)8-12-9-21-15(17(12)4)16-13-6-5-7-14(11(13)3)18(19)20/h5-7,10,12H,8-9H2,1-4H3/t12-/m1/s1. The van der Waals surface area contributed by atoms with Gasteiger partial charge in [-0.25, -0.2) is 4.99 Å². The molecule has 114 valence electrons. The van der Waals surface area contributed by atoms with E-state index in [0.717, 1.165) is 17.3 Å². The zero-order valence-electron chi connectivity index (χ0n) is 12.9. The molecule has 5 nitrogen and oxygen atoms in total. The zero-order valence-corrected chi connectivity index (χ0v) is 13.7. The molecule has 0 bridgehead atoms. The van der Waals surface area contributed by atoms with Crippen LogP contribution in [0.1, 0.15) is 25.8 Å². The van der Waals surface area contributed by atoms with Gasteiger partial charge in [-0.3, -0.25) is 10.1 Å². The first kappa shape index (κ1) is 15.8. The molecule has 0 N–H and O–H groups in total. The Kier molecular flexibility index (Phi) is 4.88. The lowest BCUT2D eigenvalue weighted by Gasteiger charge is -2.22. The van der Waals surface area contributed by atoms with Gasteiger partial charge in [-0.05, 0) is 25.3 Å². The zero-order chi connectivity index (χ0) is 15.6. The Morgan fingerprint density at radius 3 is 2.86 bits per heavy atom. The number of nitro benzene ring substituents is 1. The normalized spacial score (nSPS) is 20.5. The third kappa shape index (κ3) is 3.56. The van der Waals surface area contributed by atoms with Gasteiger partial charge < -0.3 is 4.90 Å². The number of benzene rings is 1. The Hall–Kier alpha value is -1.56. The van der Waals surface area contributed by atoms with E-state index in [0.29, 0.717) is 23.2 Å². The van der Waals surface area contributed by atoms with Crippen LogP contribution >= 0.6 is 11.8 Å². The van der Waals surface area contributed by atoms with Crippen molar-refractivity contribution in [3.05, 3.63) is 33.9 Å². The van der Waals surface area contributed by atoms with E-state index < -0.39 is 0 Å². The molecule has 1 aliphatic heterocycles. The summed E-state index contributed by atoms with van der Waals surface area (Å²) >= 11 is 1.72. The van der Waals surface area contributed by atoms with Crippen molar-refractivity contribution in [3.8, 4) is 0 Å². The minimum Gasteiger partial charge on any atom is -0.350 e. The summed E-state index contributed by atoms with van der Waals surface area (Å²) < 4.78 is 0. The van der Waals surface area contributed by atoms with Gasteiger partial charge in [0.2, 0.25) is 0 Å². The van der Waals surface area contributed by atoms with E-state index in [2.05, 4.69) is 30.8 Å². The number of hydrogen-bond acceptors (Lipinski definition) is 4. The van der Waals surface area contributed by atoms with Gasteiger partial charge in [0, 0.05) is 24.9 Å². The van der Waals surface area contributed by atoms with Gasteiger partial charge in [0.1, 0.15) is 0 Å². The van der Waals surface area contributed by atoms with E-state index in [4.69, 9.17) is 0 Å². The van der Waals surface area contributed by atoms with E-state index in [1.807, 2.05) is 6.07 Å². The summed E-state index contributed by atoms with van der Waals surface area (Å²) in [4.78, 5) is 17.5. The lowest BCUT2D eigenvalue weighted by molar-refractivity contribution is -0.385. The largest absolute Gasteiger partial charge is 0.350 e. The second-order valence-electron chi connectivity index (χ2n) is 5.78. The van der Waals surface area contributed by atoms with Gasteiger partial charge in [0.25, 0.3) is 5.69 Å². The number of rotatable bonds is 4. The summed E-state index contributed by atoms with van der Waals surface area (Å²) in [6.45, 7) is 6.19. The van der Waals surface area contributed by atoms with Crippen molar-refractivity contribution >= 4 is 28.3 Å². The Bertz CT molecular complexity index is 572. The van der Waals surface area contributed by atoms with E-state index in [-0.39, 0.29) is 10.6 Å². The quantitative estimate of drug-likeness (QED) is 0.623. The number of nitro groups is 1. The Labute approximate surface area is 129 Å². The van der Waals surface area contributed by atoms with Crippen LogP contribution < -0.4 is 0 Å². The maximum Gasteiger partial charge on any atom is 0.274 e. The van der Waals surface area contributed by atoms with Gasteiger partial charge in [-0.15, -0.1) is 0 Å². The van der Waals surface area contributed by atoms with E-state index in [1.54, 1.807) is 24.8 Å². The summed E-state index contributed by atoms with van der Waals surface area (Å²) in [5.41, 5.74) is 1.43. The molecule has 0 unspecified atom stereocenters. The molecule has 0 aromatic heterocycles. The first-order chi connectivity index (χ1) is 9.90. The molecule has 1 saturated heterocycles. The second-order valence-corrected chi connectivity index (χ2v) is 6.77. The molecular formula is C15H21N3O2S. The third-order valence-corrected chi connectivity index (χ3v) is 4.88. The van der Waals surface area contributed by atoms with Crippen LogP contribution in [0.2, 0.25) is 0 Å². The fourth-order valence-electron chi connectivity index (χ4n) is 2.46. The lowest BCUT2D eigenvalue weighted by atomic mass is 10.0. The van der Waals surface area contributed by atoms with Gasteiger partial charge in [0.15, 0.2) is 5.17 Å². The van der Waals surface area contributed by atoms with Crippen molar-refractivity contribution in [2.75, 3.05) is 12.8 Å². The SMILES string of the molecule is Cc1c(N=C2SC[C@@H](CC(C)C)N2C)cccc1[N+](=O)[O-]. The van der Waals surface area contributed by atoms with Gasteiger partial charge in [-0.1, -0.05) is 31.7 Å². The molecular weight excluding hydrogens is 286 g/mol. The first-order valence-corrected chi connectivity index (χ1v) is 8.07. The van der Waals surface area contributed by atoms with Crippen LogP contribution in [0, 0.1) is 23.0 Å². The van der Waals surface area contributed by atoms with E-state index in [1.165, 1.54) is 6.07 Å². The van der Waals surface area contributed by atoms with Crippen LogP contribution in [-0.4, -0.2) is 33.8 Å². The fraction of sp³-hybridized carbons (Fsp3) is 0.533. The Morgan fingerprint density at radius 2 is 2.24 bits per heavy atom. The predicted molar refractivity (Wildman–Crippen MR) is 88.4 cm³/mol. The van der Waals surface area contributed by atoms with E-state index >= 15 is 0 Å². The number of thioether (sulfide) groups is 1. The number of nitrogens with zero attached hydrogens (tertiary/aromatic N) is 3. The average molecular weight is 307 g/mol. The summed E-state index contributed by atoms with van der Waals surface area (Å²) in [7, 11) is 2.05. The van der Waals surface area contributed by atoms with Crippen molar-refractivity contribution in [2.24, 2.45) is 10.9 Å². The highest BCUT2D eigenvalue weighted by Crippen LogP contribution is 2.32. The van der Waals surface area contributed by atoms with Gasteiger partial charge in [-0.2, -0.15) is 0 Å². The van der Waals surface area contributed by atoms with Crippen molar-refractivity contribution in [1.29, 1.82) is 0 Å². The van der Waals surface area contributed by atoms with Crippen LogP contribution in [0.15, 0.2) is 23.2 Å². The number of aliphatic imine (C=N–C) groups is 1. The molecule has 1 aromatic carbocycles. The average Bonchev–Trinajstić information content (AvgIpc) is 2.73. The molecule has 1 fully saturated rings. The number of hydrogen-bond donors (Lipinski definition) is 0. The summed E-state index contributed by atoms with van der Waals surface area (Å²) in [5.74, 6) is 1.68. The minimum atomic E-state index is -0.355. The maximum absolute atomic E-state index is 11.0. The van der Waals surface area contributed by atoms with Crippen LogP contribution in [0.3, 0.4) is 0 Å². The predicted octanol–water partition coefficient (Wildman–Crippen LogP) is 3.98. The topological polar surface area (TPSA) is 58.7 Å². The van der Waals surface area contributed by atoms with Gasteiger partial charge >= 0.3 is 0 Å². The van der Waals surface area contributed by atoms with Crippen molar-refractivity contribution in [1.82, 2.24) is 4.90 Å². The van der Waals surface area contributed by atoms with Crippen molar-refractivity contribution in [2.45, 2.75) is 33.2 Å². The van der Waals surface area contributed by atoms with Crippen molar-refractivity contribution < 1.29 is 4.92 Å². The van der Waals surface area contributed by atoms with Crippen LogP contribution in [0.4, 0.5) is 11.4 Å². The molecule has 6 heteroatoms. The highest BCUT2D eigenvalue weighted by molar-refractivity contribution is 8.14. The molecule has 1 aromatic rings. The second kappa shape index (κ2) is 6.47. The smallest absolute Gasteiger partial charge is 0.274 e. The monoisotopic (exact) mass is 307 g/mol. The first-order valence-electron chi connectivity index (χ1n) is 7.08. The fourth-order valence-corrected chi connectivity index (χ4v) is 3.67. The third-order valence-electron chi connectivity index (χ3n) is 3.69. The molecule has 1 atom stereocenters. The van der Waals surface area contributed by atoms with E-state index in [9.17, 15) is 10.1 Å². The maximum atomic E-state index is 11.0. The summed E-state index contributed by atoms with van der Waals surface area (Å²) in [6, 6.07) is 5.54. The highest BCUT2D eigenvalue weighted by Gasteiger charge is 2.27. The highest BCUT2D eigenvalue weighted by atomic mass is 32.2. The molecule has 0 radical (unpaired) electrons. The molecule has 21 heavy (non-hydrogen) atoms. The molecule has 1 heterocycles. The molecule has 1 aliphatic rings. The molecule has 2 rings (SSSR count). The Morgan fingerprint density at radius 1 is 1.52 bits per heavy atom. The minimum absolute atomic E-state index is 0.126. The summed E-state index contributed by atoms with van der Waals surface area (Å²) in [6.07, 6.45) is 1.14. The lowest BCUT2D eigenvalue weighted by Crippen LogP contribution is -2.30. The molecule has 0 amide bonds. The number of amidine groups is 1. The van der Waals surface area contributed by atoms with Crippen LogP contribution in [0.5, 0.6) is 0 Å². The molecule has 0 aliphatic carbocycles. The summed E-state index contributed by atoms with van der Waals surface area (Å²) in [5, 5.41) is 11.9. The van der Waals surface area contributed by atoms with Crippen LogP contribution in [0.25, 0.3) is 0 Å². The van der Waals surface area contributed by atoms with Crippen molar-refractivity contribution in [3.63, 3.8) is 0 Å². The molecule has 0 spiro atoms. The van der Waals surface area contributed by atoms with Crippen LogP contribution in [-0.2, 0) is 0 Å².